The van der Waals surface area contributed by atoms with E-state index in [-0.39, 0.29) is 0 Å². The van der Waals surface area contributed by atoms with Crippen LogP contribution in [0.3, 0.4) is 0 Å². The molecule has 0 N–H and O–H groups in total. The molecule has 1 rings (SSSR count). The van der Waals surface area contributed by atoms with Gasteiger partial charge in [0.2, 0.25) is 0 Å². The summed E-state index contributed by atoms with van der Waals surface area (Å²) in [6.45, 7) is 7.45. The number of morpholine rings is 1. The van der Waals surface area contributed by atoms with Gasteiger partial charge in [0.1, 0.15) is 0 Å². The van der Waals surface area contributed by atoms with E-state index in [1.54, 1.807) is 0 Å². The molecule has 0 atom stereocenters. The van der Waals surface area contributed by atoms with Gasteiger partial charge < -0.3 is 18.3 Å². The lowest BCUT2D eigenvalue weighted by Crippen LogP contribution is -2.35. The zero-order valence-corrected chi connectivity index (χ0v) is 12.7. The second-order valence-corrected chi connectivity index (χ2v) is 5.95. The van der Waals surface area contributed by atoms with Crippen LogP contribution in [0.4, 0.5) is 0 Å². The molecule has 0 bridgehead atoms. The van der Waals surface area contributed by atoms with Gasteiger partial charge in [0.05, 0.1) is 41.4 Å². The third kappa shape index (κ3) is 36.0. The van der Waals surface area contributed by atoms with Gasteiger partial charge in [-0.05, 0) is 6.54 Å². The molecular weight excluding hydrogens is 260 g/mol. The Balaban J connectivity index is 0. The monoisotopic (exact) mass is 285 g/mol. The van der Waals surface area contributed by atoms with Crippen molar-refractivity contribution in [3.8, 4) is 0 Å². The molecule has 0 unspecified atom stereocenters. The second kappa shape index (κ2) is 9.65. The molecule has 1 fully saturated rings. The first-order chi connectivity index (χ1) is 7.93. The van der Waals surface area contributed by atoms with Crippen LogP contribution in [0, 0.1) is 0 Å². The molecular formula is C10H25N2O5S-. The topological polar surface area (TPSA) is 92.7 Å². The molecule has 7 nitrogen and oxygen atoms in total. The lowest BCUT2D eigenvalue weighted by Gasteiger charge is -2.24. The summed E-state index contributed by atoms with van der Waals surface area (Å²) in [7, 11) is 3.33. The lowest BCUT2D eigenvalue weighted by atomic mass is 10.4. The SMILES string of the molecule is CCN1CCOCC1.C[N+](C)(C)C.O=S(=O)([O-])[O-]. The van der Waals surface area contributed by atoms with Crippen molar-refractivity contribution in [3.63, 3.8) is 0 Å². The van der Waals surface area contributed by atoms with Gasteiger partial charge in [0.15, 0.2) is 0 Å². The second-order valence-electron chi connectivity index (χ2n) is 5.14. The molecule has 0 aromatic carbocycles. The Bertz CT molecular complexity index is 267. The van der Waals surface area contributed by atoms with E-state index in [1.807, 2.05) is 0 Å². The van der Waals surface area contributed by atoms with Crippen LogP contribution >= 0.6 is 0 Å². The van der Waals surface area contributed by atoms with E-state index in [9.17, 15) is 0 Å². The van der Waals surface area contributed by atoms with E-state index in [0.717, 1.165) is 30.8 Å². The Labute approximate surface area is 111 Å². The van der Waals surface area contributed by atoms with E-state index < -0.39 is 10.4 Å². The number of quaternary nitrogens is 1. The third-order valence-corrected chi connectivity index (χ3v) is 1.55. The van der Waals surface area contributed by atoms with Crippen LogP contribution in [0.5, 0.6) is 0 Å². The van der Waals surface area contributed by atoms with Crippen molar-refractivity contribution < 1.29 is 26.7 Å². The summed E-state index contributed by atoms with van der Waals surface area (Å²) in [6, 6.07) is 0. The fourth-order valence-electron chi connectivity index (χ4n) is 0.917. The highest BCUT2D eigenvalue weighted by Crippen LogP contribution is 1.93. The molecule has 0 aromatic rings. The largest absolute Gasteiger partial charge is 0.759 e. The van der Waals surface area contributed by atoms with Crippen LogP contribution in [0.1, 0.15) is 6.92 Å². The van der Waals surface area contributed by atoms with Crippen LogP contribution in [0.25, 0.3) is 0 Å². The molecule has 1 aliphatic rings. The van der Waals surface area contributed by atoms with Crippen molar-refractivity contribution >= 4 is 10.4 Å². The molecule has 112 valence electrons. The minimum Gasteiger partial charge on any atom is -0.759 e. The zero-order chi connectivity index (χ0) is 14.8. The van der Waals surface area contributed by atoms with Crippen LogP contribution in [-0.4, -0.2) is 87.9 Å². The fourth-order valence-corrected chi connectivity index (χ4v) is 0.917. The van der Waals surface area contributed by atoms with Crippen molar-refractivity contribution in [1.82, 2.24) is 4.90 Å². The molecule has 1 saturated heterocycles. The first kappa shape index (κ1) is 20.1. The molecule has 0 radical (unpaired) electrons. The van der Waals surface area contributed by atoms with Crippen molar-refractivity contribution in [2.24, 2.45) is 0 Å². The standard InChI is InChI=1S/C6H13NO.C4H12N.H2O4S/c1-2-7-3-5-8-6-4-7;2*1-5(2,3)4/h2-6H2,1H3;1-4H3;(H2,1,2,3,4)/q;+1;/p-2. The van der Waals surface area contributed by atoms with Crippen molar-refractivity contribution in [1.29, 1.82) is 0 Å². The van der Waals surface area contributed by atoms with Gasteiger partial charge in [0, 0.05) is 23.5 Å². The van der Waals surface area contributed by atoms with Crippen LogP contribution in [-0.2, 0) is 15.1 Å². The zero-order valence-electron chi connectivity index (χ0n) is 11.9. The van der Waals surface area contributed by atoms with Gasteiger partial charge in [0.25, 0.3) is 0 Å². The maximum absolute atomic E-state index is 8.52. The molecule has 8 heteroatoms. The predicted molar refractivity (Wildman–Crippen MR) is 67.4 cm³/mol. The first-order valence-corrected chi connectivity index (χ1v) is 7.02. The van der Waals surface area contributed by atoms with E-state index >= 15 is 0 Å². The number of nitrogens with zero attached hydrogens (tertiary/aromatic N) is 2. The summed E-state index contributed by atoms with van der Waals surface area (Å²) in [4.78, 5) is 2.39. The number of likely N-dealkylation sites (N-methyl/N-ethyl adjacent to an activating group) is 1. The van der Waals surface area contributed by atoms with Gasteiger partial charge in [-0.1, -0.05) is 6.92 Å². The molecule has 18 heavy (non-hydrogen) atoms. The summed E-state index contributed by atoms with van der Waals surface area (Å²) in [5.41, 5.74) is 0. The molecule has 1 aliphatic heterocycles. The van der Waals surface area contributed by atoms with Crippen LogP contribution < -0.4 is 0 Å². The minimum absolute atomic E-state index is 0.924. The maximum Gasteiger partial charge on any atom is 0.0675 e. The maximum atomic E-state index is 8.52. The van der Waals surface area contributed by atoms with Gasteiger partial charge in [-0.15, -0.1) is 0 Å². The number of hydrogen-bond donors (Lipinski definition) is 0. The molecule has 0 saturated carbocycles. The lowest BCUT2D eigenvalue weighted by molar-refractivity contribution is -0.849. The molecule has 1 heterocycles. The number of rotatable bonds is 1. The average molecular weight is 285 g/mol. The predicted octanol–water partition coefficient (Wildman–Crippen LogP) is -0.677. The fraction of sp³-hybridized carbons (Fsp3) is 1.00. The quantitative estimate of drug-likeness (QED) is 0.360. The summed E-state index contributed by atoms with van der Waals surface area (Å²) < 4.78 is 40.2. The average Bonchev–Trinajstić information content (AvgIpc) is 2.14. The van der Waals surface area contributed by atoms with E-state index in [1.165, 1.54) is 6.54 Å². The Morgan fingerprint density at radius 3 is 1.56 bits per heavy atom. The van der Waals surface area contributed by atoms with E-state index in [4.69, 9.17) is 22.3 Å². The highest BCUT2D eigenvalue weighted by atomic mass is 32.3. The molecule has 0 spiro atoms. The van der Waals surface area contributed by atoms with Gasteiger partial charge in [-0.2, -0.15) is 0 Å². The summed E-state index contributed by atoms with van der Waals surface area (Å²) in [5, 5.41) is 0. The van der Waals surface area contributed by atoms with Crippen LogP contribution in [0.2, 0.25) is 0 Å². The van der Waals surface area contributed by atoms with Crippen molar-refractivity contribution in [2.75, 3.05) is 61.0 Å². The Hall–Kier alpha value is -0.250. The summed E-state index contributed by atoms with van der Waals surface area (Å²) >= 11 is 0. The van der Waals surface area contributed by atoms with E-state index in [2.05, 4.69) is 40.0 Å². The van der Waals surface area contributed by atoms with Gasteiger partial charge >= 0.3 is 0 Å². The van der Waals surface area contributed by atoms with E-state index in [0.29, 0.717) is 0 Å². The Morgan fingerprint density at radius 2 is 1.39 bits per heavy atom. The van der Waals surface area contributed by atoms with Crippen molar-refractivity contribution in [3.05, 3.63) is 0 Å². The highest BCUT2D eigenvalue weighted by Gasteiger charge is 2.05. The number of hydrogen-bond acceptors (Lipinski definition) is 6. The minimum atomic E-state index is -5.17. The third-order valence-electron chi connectivity index (χ3n) is 1.55. The van der Waals surface area contributed by atoms with Gasteiger partial charge in [-0.25, -0.2) is 0 Å². The molecule has 0 amide bonds. The first-order valence-electron chi connectivity index (χ1n) is 5.69. The van der Waals surface area contributed by atoms with Gasteiger partial charge in [-0.3, -0.25) is 13.3 Å². The molecule has 0 aromatic heterocycles. The number of ether oxygens (including phenoxy) is 1. The Kier molecular flexibility index (Phi) is 10.8. The summed E-state index contributed by atoms with van der Waals surface area (Å²) in [6.07, 6.45) is 0. The van der Waals surface area contributed by atoms with Crippen LogP contribution in [0.15, 0.2) is 0 Å². The highest BCUT2D eigenvalue weighted by molar-refractivity contribution is 7.79. The normalized spacial score (nSPS) is 17.1. The summed E-state index contributed by atoms with van der Waals surface area (Å²) in [5.74, 6) is 0. The Morgan fingerprint density at radius 1 is 1.11 bits per heavy atom. The smallest absolute Gasteiger partial charge is 0.0675 e. The molecule has 0 aliphatic carbocycles. The van der Waals surface area contributed by atoms with Crippen molar-refractivity contribution in [2.45, 2.75) is 6.92 Å².